The van der Waals surface area contributed by atoms with Gasteiger partial charge in [0.25, 0.3) is 0 Å². The highest BCUT2D eigenvalue weighted by molar-refractivity contribution is 4.97. The molecule has 0 bridgehead atoms. The summed E-state index contributed by atoms with van der Waals surface area (Å²) in [5, 5.41) is 8.28. The first-order valence-electron chi connectivity index (χ1n) is 5.16. The van der Waals surface area contributed by atoms with Crippen molar-refractivity contribution < 1.29 is 0 Å². The maximum atomic E-state index is 5.60. The van der Waals surface area contributed by atoms with Gasteiger partial charge in [-0.25, -0.2) is 0 Å². The lowest BCUT2D eigenvalue weighted by Crippen LogP contribution is -2.17. The summed E-state index contributed by atoms with van der Waals surface area (Å²) in [6.45, 7) is 9.11. The summed E-state index contributed by atoms with van der Waals surface area (Å²) < 4.78 is 2.17. The smallest absolute Gasteiger partial charge is 0.133 e. The summed E-state index contributed by atoms with van der Waals surface area (Å²) in [6.07, 6.45) is 0.912. The van der Waals surface area contributed by atoms with Gasteiger partial charge in [0.1, 0.15) is 11.6 Å². The van der Waals surface area contributed by atoms with Crippen LogP contribution in [0.3, 0.4) is 0 Å². The molecule has 1 rings (SSSR count). The number of aryl methyl sites for hydroxylation is 1. The molecule has 0 saturated heterocycles. The van der Waals surface area contributed by atoms with Crippen LogP contribution in [0.1, 0.15) is 38.5 Å². The van der Waals surface area contributed by atoms with Gasteiger partial charge >= 0.3 is 0 Å². The quantitative estimate of drug-likeness (QED) is 0.789. The van der Waals surface area contributed by atoms with Gasteiger partial charge in [0, 0.05) is 12.5 Å². The van der Waals surface area contributed by atoms with Crippen molar-refractivity contribution in [3.63, 3.8) is 0 Å². The zero-order valence-electron chi connectivity index (χ0n) is 9.49. The van der Waals surface area contributed by atoms with E-state index in [1.165, 1.54) is 0 Å². The Hall–Kier alpha value is -0.900. The Balaban J connectivity index is 2.86. The lowest BCUT2D eigenvalue weighted by Gasteiger charge is -2.14. The summed E-state index contributed by atoms with van der Waals surface area (Å²) in [6, 6.07) is 0.421. The lowest BCUT2D eigenvalue weighted by molar-refractivity contribution is 0.506. The monoisotopic (exact) mass is 196 g/mol. The van der Waals surface area contributed by atoms with E-state index < -0.39 is 0 Å². The SMILES string of the molecule is Cc1nnc(CC(C)CN)n1C(C)C. The number of nitrogens with two attached hydrogens (primary N) is 1. The van der Waals surface area contributed by atoms with Crippen LogP contribution in [0.2, 0.25) is 0 Å². The van der Waals surface area contributed by atoms with Crippen molar-refractivity contribution in [3.8, 4) is 0 Å². The fraction of sp³-hybridized carbons (Fsp3) is 0.800. The van der Waals surface area contributed by atoms with Crippen molar-refractivity contribution in [2.45, 2.75) is 40.2 Å². The van der Waals surface area contributed by atoms with E-state index >= 15 is 0 Å². The molecule has 0 fully saturated rings. The Morgan fingerprint density at radius 3 is 2.43 bits per heavy atom. The normalized spacial score (nSPS) is 13.6. The highest BCUT2D eigenvalue weighted by atomic mass is 15.3. The molecule has 0 radical (unpaired) electrons. The van der Waals surface area contributed by atoms with Crippen molar-refractivity contribution in [1.29, 1.82) is 0 Å². The Labute approximate surface area is 85.5 Å². The van der Waals surface area contributed by atoms with Gasteiger partial charge in [0.2, 0.25) is 0 Å². The predicted molar refractivity (Wildman–Crippen MR) is 57.1 cm³/mol. The van der Waals surface area contributed by atoms with E-state index in [1.807, 2.05) is 6.92 Å². The van der Waals surface area contributed by atoms with E-state index in [0.29, 0.717) is 18.5 Å². The summed E-state index contributed by atoms with van der Waals surface area (Å²) in [4.78, 5) is 0. The van der Waals surface area contributed by atoms with Crippen LogP contribution in [0.15, 0.2) is 0 Å². The second kappa shape index (κ2) is 4.55. The molecule has 1 unspecified atom stereocenters. The predicted octanol–water partition coefficient (Wildman–Crippen LogP) is 1.30. The third kappa shape index (κ3) is 2.32. The second-order valence-electron chi connectivity index (χ2n) is 4.17. The molecule has 4 heteroatoms. The second-order valence-corrected chi connectivity index (χ2v) is 4.17. The average Bonchev–Trinajstić information content (AvgIpc) is 2.46. The lowest BCUT2D eigenvalue weighted by atomic mass is 10.1. The highest BCUT2D eigenvalue weighted by Gasteiger charge is 2.13. The molecule has 4 nitrogen and oxygen atoms in total. The number of nitrogens with zero attached hydrogens (tertiary/aromatic N) is 3. The van der Waals surface area contributed by atoms with Crippen molar-refractivity contribution in [2.75, 3.05) is 6.54 Å². The molecule has 0 saturated carbocycles. The molecule has 0 aliphatic heterocycles. The fourth-order valence-electron chi connectivity index (χ4n) is 1.62. The molecule has 1 aromatic heterocycles. The molecule has 1 atom stereocenters. The first kappa shape index (κ1) is 11.2. The topological polar surface area (TPSA) is 56.7 Å². The first-order chi connectivity index (χ1) is 6.56. The van der Waals surface area contributed by atoms with Gasteiger partial charge in [-0.3, -0.25) is 0 Å². The van der Waals surface area contributed by atoms with E-state index in [9.17, 15) is 0 Å². The Morgan fingerprint density at radius 2 is 1.93 bits per heavy atom. The van der Waals surface area contributed by atoms with Crippen LogP contribution in [-0.4, -0.2) is 21.3 Å². The van der Waals surface area contributed by atoms with Gasteiger partial charge < -0.3 is 10.3 Å². The maximum absolute atomic E-state index is 5.60. The third-order valence-corrected chi connectivity index (χ3v) is 2.39. The fourth-order valence-corrected chi connectivity index (χ4v) is 1.62. The Morgan fingerprint density at radius 1 is 1.29 bits per heavy atom. The third-order valence-electron chi connectivity index (χ3n) is 2.39. The van der Waals surface area contributed by atoms with Crippen LogP contribution in [0.4, 0.5) is 0 Å². The van der Waals surface area contributed by atoms with Gasteiger partial charge in [-0.2, -0.15) is 0 Å². The number of hydrogen-bond acceptors (Lipinski definition) is 3. The van der Waals surface area contributed by atoms with Gasteiger partial charge in [-0.15, -0.1) is 10.2 Å². The minimum absolute atomic E-state index is 0.421. The molecule has 1 heterocycles. The zero-order valence-corrected chi connectivity index (χ0v) is 9.49. The molecule has 0 aliphatic carbocycles. The molecule has 0 aliphatic rings. The first-order valence-corrected chi connectivity index (χ1v) is 5.16. The number of rotatable bonds is 4. The molecule has 0 spiro atoms. The molecule has 2 N–H and O–H groups in total. The zero-order chi connectivity index (χ0) is 10.7. The van der Waals surface area contributed by atoms with Crippen molar-refractivity contribution >= 4 is 0 Å². The van der Waals surface area contributed by atoms with E-state index in [0.717, 1.165) is 18.1 Å². The van der Waals surface area contributed by atoms with Crippen LogP contribution >= 0.6 is 0 Å². The maximum Gasteiger partial charge on any atom is 0.133 e. The van der Waals surface area contributed by atoms with Crippen LogP contribution in [0.5, 0.6) is 0 Å². The van der Waals surface area contributed by atoms with E-state index in [4.69, 9.17) is 5.73 Å². The van der Waals surface area contributed by atoms with Gasteiger partial charge in [-0.05, 0) is 33.2 Å². The average molecular weight is 196 g/mol. The number of aromatic nitrogens is 3. The standard InChI is InChI=1S/C10H20N4/c1-7(2)14-9(4)12-13-10(14)5-8(3)6-11/h7-8H,5-6,11H2,1-4H3. The molecule has 1 aromatic rings. The summed E-state index contributed by atoms with van der Waals surface area (Å²) in [5.74, 6) is 2.51. The number of hydrogen-bond donors (Lipinski definition) is 1. The minimum Gasteiger partial charge on any atom is -0.330 e. The van der Waals surface area contributed by atoms with Crippen molar-refractivity contribution in [3.05, 3.63) is 11.6 Å². The Kier molecular flexibility index (Phi) is 3.63. The van der Waals surface area contributed by atoms with E-state index in [-0.39, 0.29) is 0 Å². The van der Waals surface area contributed by atoms with E-state index in [2.05, 4.69) is 35.5 Å². The summed E-state index contributed by atoms with van der Waals surface area (Å²) in [7, 11) is 0. The molecule has 14 heavy (non-hydrogen) atoms. The molecular formula is C10H20N4. The largest absolute Gasteiger partial charge is 0.330 e. The summed E-state index contributed by atoms with van der Waals surface area (Å²) >= 11 is 0. The molecule has 80 valence electrons. The molecular weight excluding hydrogens is 176 g/mol. The van der Waals surface area contributed by atoms with Gasteiger partial charge in [-0.1, -0.05) is 6.92 Å². The van der Waals surface area contributed by atoms with Crippen molar-refractivity contribution in [1.82, 2.24) is 14.8 Å². The molecule has 0 amide bonds. The van der Waals surface area contributed by atoms with Crippen LogP contribution in [0.25, 0.3) is 0 Å². The minimum atomic E-state index is 0.421. The Bertz CT molecular complexity index is 290. The van der Waals surface area contributed by atoms with Crippen LogP contribution in [-0.2, 0) is 6.42 Å². The molecule has 0 aromatic carbocycles. The van der Waals surface area contributed by atoms with Crippen molar-refractivity contribution in [2.24, 2.45) is 11.7 Å². The van der Waals surface area contributed by atoms with Gasteiger partial charge in [0.05, 0.1) is 0 Å². The van der Waals surface area contributed by atoms with E-state index in [1.54, 1.807) is 0 Å². The summed E-state index contributed by atoms with van der Waals surface area (Å²) in [5.41, 5.74) is 5.60. The van der Waals surface area contributed by atoms with Crippen LogP contribution < -0.4 is 5.73 Å². The van der Waals surface area contributed by atoms with Gasteiger partial charge in [0.15, 0.2) is 0 Å². The highest BCUT2D eigenvalue weighted by Crippen LogP contribution is 2.13. The van der Waals surface area contributed by atoms with Crippen LogP contribution in [0, 0.1) is 12.8 Å².